The SMILES string of the molecule is C=C/C=c1/oc(C)cc1=C.CC. The number of hydrogen-bond acceptors (Lipinski definition) is 1. The summed E-state index contributed by atoms with van der Waals surface area (Å²) in [5.41, 5.74) is 0.799. The van der Waals surface area contributed by atoms with Crippen LogP contribution in [-0.4, -0.2) is 0 Å². The summed E-state index contributed by atoms with van der Waals surface area (Å²) < 4.78 is 5.27. The normalized spacial score (nSPS) is 10.4. The second-order valence-electron chi connectivity index (χ2n) is 2.15. The van der Waals surface area contributed by atoms with Gasteiger partial charge in [-0.05, 0) is 19.1 Å². The molecule has 0 bridgehead atoms. The maximum Gasteiger partial charge on any atom is 0.133 e. The lowest BCUT2D eigenvalue weighted by atomic mass is 10.4. The highest BCUT2D eigenvalue weighted by atomic mass is 16.3. The predicted molar refractivity (Wildman–Crippen MR) is 54.2 cm³/mol. The third kappa shape index (κ3) is 2.79. The highest BCUT2D eigenvalue weighted by Gasteiger charge is 1.88. The third-order valence-electron chi connectivity index (χ3n) is 1.23. The molecule has 0 saturated heterocycles. The minimum Gasteiger partial charge on any atom is -0.461 e. The first-order valence-electron chi connectivity index (χ1n) is 4.12. The van der Waals surface area contributed by atoms with E-state index in [0.717, 1.165) is 16.4 Å². The van der Waals surface area contributed by atoms with E-state index in [1.807, 2.05) is 26.8 Å². The van der Waals surface area contributed by atoms with E-state index in [2.05, 4.69) is 13.2 Å². The molecule has 0 N–H and O–H groups in total. The molecular weight excluding hydrogens is 148 g/mol. The lowest BCUT2D eigenvalue weighted by Gasteiger charge is -1.74. The molecule has 0 aliphatic carbocycles. The molecule has 1 nitrogen and oxygen atoms in total. The van der Waals surface area contributed by atoms with Crippen LogP contribution in [0.1, 0.15) is 19.6 Å². The number of rotatable bonds is 1. The second-order valence-corrected chi connectivity index (χ2v) is 2.15. The van der Waals surface area contributed by atoms with Crippen molar-refractivity contribution in [2.75, 3.05) is 0 Å². The first-order valence-corrected chi connectivity index (χ1v) is 4.12. The fourth-order valence-corrected chi connectivity index (χ4v) is 0.833. The Morgan fingerprint density at radius 1 is 1.42 bits per heavy atom. The summed E-state index contributed by atoms with van der Waals surface area (Å²) in [5.74, 6) is 0.887. The zero-order valence-corrected chi connectivity index (χ0v) is 8.05. The molecule has 0 amide bonds. The topological polar surface area (TPSA) is 13.1 Å². The van der Waals surface area contributed by atoms with Crippen molar-refractivity contribution < 1.29 is 4.42 Å². The van der Waals surface area contributed by atoms with Crippen molar-refractivity contribution in [2.24, 2.45) is 0 Å². The van der Waals surface area contributed by atoms with E-state index in [0.29, 0.717) is 0 Å². The molecule has 66 valence electrons. The minimum atomic E-state index is 0.799. The second kappa shape index (κ2) is 5.42. The average molecular weight is 164 g/mol. The predicted octanol–water partition coefficient (Wildman–Crippen LogP) is 1.99. The van der Waals surface area contributed by atoms with E-state index in [1.165, 1.54) is 0 Å². The van der Waals surface area contributed by atoms with E-state index in [4.69, 9.17) is 4.42 Å². The molecule has 0 fully saturated rings. The Hall–Kier alpha value is -1.24. The van der Waals surface area contributed by atoms with E-state index in [1.54, 1.807) is 12.2 Å². The van der Waals surface area contributed by atoms with Crippen LogP contribution >= 0.6 is 0 Å². The van der Waals surface area contributed by atoms with Crippen LogP contribution in [0.5, 0.6) is 0 Å². The van der Waals surface area contributed by atoms with Crippen LogP contribution in [0.3, 0.4) is 0 Å². The number of hydrogen-bond donors (Lipinski definition) is 0. The van der Waals surface area contributed by atoms with Gasteiger partial charge in [-0.25, -0.2) is 0 Å². The molecule has 1 aromatic rings. The van der Waals surface area contributed by atoms with Gasteiger partial charge in [0, 0.05) is 5.22 Å². The smallest absolute Gasteiger partial charge is 0.133 e. The van der Waals surface area contributed by atoms with Crippen molar-refractivity contribution in [3.05, 3.63) is 35.1 Å². The van der Waals surface area contributed by atoms with Gasteiger partial charge in [-0.2, -0.15) is 0 Å². The molecule has 12 heavy (non-hydrogen) atoms. The standard InChI is InChI=1S/C9H10O.C2H6/c1-4-5-9-7(2)6-8(3)10-9;1-2/h4-6H,1-2H2,3H3;1-2H3/b9-5+;. The van der Waals surface area contributed by atoms with Gasteiger partial charge in [-0.15, -0.1) is 0 Å². The molecule has 0 saturated carbocycles. The van der Waals surface area contributed by atoms with Crippen molar-refractivity contribution in [1.29, 1.82) is 0 Å². The van der Waals surface area contributed by atoms with Gasteiger partial charge >= 0.3 is 0 Å². The van der Waals surface area contributed by atoms with Crippen LogP contribution in [0.4, 0.5) is 0 Å². The Bertz CT molecular complexity index is 330. The Morgan fingerprint density at radius 2 is 2.00 bits per heavy atom. The molecule has 1 heteroatoms. The molecule has 0 aromatic carbocycles. The minimum absolute atomic E-state index is 0.799. The average Bonchev–Trinajstić information content (AvgIpc) is 2.35. The van der Waals surface area contributed by atoms with Crippen LogP contribution in [0, 0.1) is 6.92 Å². The van der Waals surface area contributed by atoms with E-state index in [9.17, 15) is 0 Å². The van der Waals surface area contributed by atoms with E-state index in [-0.39, 0.29) is 0 Å². The molecule has 1 aromatic heterocycles. The van der Waals surface area contributed by atoms with Gasteiger partial charge in [0.15, 0.2) is 0 Å². The summed E-state index contributed by atoms with van der Waals surface area (Å²) in [7, 11) is 0. The molecule has 0 radical (unpaired) electrons. The fraction of sp³-hybridized carbons (Fsp3) is 0.273. The first kappa shape index (κ1) is 10.8. The van der Waals surface area contributed by atoms with Gasteiger partial charge in [-0.1, -0.05) is 33.1 Å². The molecule has 0 atom stereocenters. The zero-order valence-electron chi connectivity index (χ0n) is 8.05. The number of allylic oxidation sites excluding steroid dienone is 1. The van der Waals surface area contributed by atoms with E-state index >= 15 is 0 Å². The van der Waals surface area contributed by atoms with E-state index < -0.39 is 0 Å². The summed E-state index contributed by atoms with van der Waals surface area (Å²) in [4.78, 5) is 0. The van der Waals surface area contributed by atoms with Crippen molar-refractivity contribution in [3.63, 3.8) is 0 Å². The van der Waals surface area contributed by atoms with Crippen LogP contribution in [0.2, 0.25) is 0 Å². The monoisotopic (exact) mass is 164 g/mol. The van der Waals surface area contributed by atoms with Crippen LogP contribution in [0.25, 0.3) is 12.7 Å². The zero-order chi connectivity index (χ0) is 9.56. The summed E-state index contributed by atoms with van der Waals surface area (Å²) in [6.45, 7) is 13.2. The third-order valence-corrected chi connectivity index (χ3v) is 1.23. The number of aryl methyl sites for hydroxylation is 1. The Morgan fingerprint density at radius 3 is 2.33 bits per heavy atom. The van der Waals surface area contributed by atoms with Crippen LogP contribution in [-0.2, 0) is 0 Å². The lowest BCUT2D eigenvalue weighted by molar-refractivity contribution is 0.501. The highest BCUT2D eigenvalue weighted by Crippen LogP contribution is 1.84. The Labute approximate surface area is 73.7 Å². The van der Waals surface area contributed by atoms with Crippen molar-refractivity contribution in [1.82, 2.24) is 0 Å². The van der Waals surface area contributed by atoms with Gasteiger partial charge in [0.05, 0.1) is 0 Å². The summed E-state index contributed by atoms with van der Waals surface area (Å²) >= 11 is 0. The largest absolute Gasteiger partial charge is 0.461 e. The van der Waals surface area contributed by atoms with Crippen LogP contribution in [0.15, 0.2) is 23.1 Å². The molecule has 0 aliphatic rings. The Balaban J connectivity index is 0.000000561. The molecule has 0 unspecified atom stereocenters. The molecule has 0 aliphatic heterocycles. The lowest BCUT2D eigenvalue weighted by Crippen LogP contribution is -2.15. The van der Waals surface area contributed by atoms with Crippen molar-refractivity contribution >= 4 is 12.7 Å². The van der Waals surface area contributed by atoms with Crippen molar-refractivity contribution in [3.8, 4) is 0 Å². The number of furan rings is 1. The quantitative estimate of drug-likeness (QED) is 0.618. The summed E-state index contributed by atoms with van der Waals surface area (Å²) in [6, 6.07) is 1.90. The molecular formula is C11H16O. The summed E-state index contributed by atoms with van der Waals surface area (Å²) in [5, 5.41) is 0.914. The molecule has 1 rings (SSSR count). The summed E-state index contributed by atoms with van der Waals surface area (Å²) in [6.07, 6.45) is 3.49. The molecule has 0 spiro atoms. The maximum atomic E-state index is 5.27. The maximum absolute atomic E-state index is 5.27. The Kier molecular flexibility index (Phi) is 4.86. The van der Waals surface area contributed by atoms with Crippen molar-refractivity contribution in [2.45, 2.75) is 20.8 Å². The van der Waals surface area contributed by atoms with Gasteiger partial charge in [0.2, 0.25) is 0 Å². The first-order chi connectivity index (χ1) is 5.74. The fourth-order valence-electron chi connectivity index (χ4n) is 0.833. The highest BCUT2D eigenvalue weighted by molar-refractivity contribution is 5.32. The van der Waals surface area contributed by atoms with Gasteiger partial charge in [0.25, 0.3) is 0 Å². The van der Waals surface area contributed by atoms with Gasteiger partial charge in [0.1, 0.15) is 11.2 Å². The molecule has 1 heterocycles. The van der Waals surface area contributed by atoms with Gasteiger partial charge < -0.3 is 4.42 Å². The van der Waals surface area contributed by atoms with Gasteiger partial charge in [-0.3, -0.25) is 0 Å². The van der Waals surface area contributed by atoms with Crippen LogP contribution < -0.4 is 10.6 Å².